The minimum absolute atomic E-state index is 0.0703. The predicted octanol–water partition coefficient (Wildman–Crippen LogP) is 2.69. The molecule has 0 radical (unpaired) electrons. The first-order valence-electron chi connectivity index (χ1n) is 8.75. The monoisotopic (exact) mass is 326 g/mol. The highest BCUT2D eigenvalue weighted by atomic mass is 16.3. The van der Waals surface area contributed by atoms with Crippen LogP contribution in [-0.2, 0) is 7.05 Å². The molecule has 1 fully saturated rings. The summed E-state index contributed by atoms with van der Waals surface area (Å²) in [6.07, 6.45) is 4.39. The molecule has 0 bridgehead atoms. The van der Waals surface area contributed by atoms with Crippen LogP contribution in [0.2, 0.25) is 0 Å². The van der Waals surface area contributed by atoms with Gasteiger partial charge in [-0.1, -0.05) is 30.3 Å². The molecule has 24 heavy (non-hydrogen) atoms. The van der Waals surface area contributed by atoms with Crippen LogP contribution in [0.5, 0.6) is 0 Å². The molecule has 1 atom stereocenters. The van der Waals surface area contributed by atoms with Crippen LogP contribution in [0.4, 0.5) is 0 Å². The number of aryl methyl sites for hydroxylation is 1. The fourth-order valence-electron chi connectivity index (χ4n) is 3.45. The van der Waals surface area contributed by atoms with Crippen LogP contribution >= 0.6 is 0 Å². The maximum atomic E-state index is 11.8. The van der Waals surface area contributed by atoms with Crippen LogP contribution in [-0.4, -0.2) is 34.2 Å². The van der Waals surface area contributed by atoms with Crippen molar-refractivity contribution in [1.82, 2.24) is 9.47 Å². The number of aliphatic hydroxyl groups is 1. The number of aromatic nitrogens is 1. The summed E-state index contributed by atoms with van der Waals surface area (Å²) in [6, 6.07) is 13.7. The molecule has 1 aromatic carbocycles. The Morgan fingerprint density at radius 2 is 1.88 bits per heavy atom. The van der Waals surface area contributed by atoms with E-state index >= 15 is 0 Å². The van der Waals surface area contributed by atoms with E-state index in [1.54, 1.807) is 17.7 Å². The quantitative estimate of drug-likeness (QED) is 0.919. The molecular formula is C20H26N2O2. The summed E-state index contributed by atoms with van der Waals surface area (Å²) in [6.45, 7) is 2.97. The molecular weight excluding hydrogens is 300 g/mol. The number of pyridine rings is 1. The second-order valence-electron chi connectivity index (χ2n) is 6.74. The second-order valence-corrected chi connectivity index (χ2v) is 6.74. The van der Waals surface area contributed by atoms with E-state index in [1.165, 1.54) is 5.56 Å². The first kappa shape index (κ1) is 16.9. The van der Waals surface area contributed by atoms with Gasteiger partial charge in [0.2, 0.25) is 0 Å². The molecule has 1 N–H and O–H groups in total. The minimum atomic E-state index is -0.388. The van der Waals surface area contributed by atoms with Crippen molar-refractivity contribution in [2.24, 2.45) is 7.05 Å². The number of likely N-dealkylation sites (tertiary alicyclic amines) is 1. The van der Waals surface area contributed by atoms with Gasteiger partial charge in [-0.05, 0) is 55.5 Å². The zero-order valence-corrected chi connectivity index (χ0v) is 14.3. The summed E-state index contributed by atoms with van der Waals surface area (Å²) in [4.78, 5) is 14.2. The molecule has 1 aliphatic heterocycles. The van der Waals surface area contributed by atoms with Crippen molar-refractivity contribution >= 4 is 0 Å². The summed E-state index contributed by atoms with van der Waals surface area (Å²) in [5.74, 6) is 0.481. The zero-order valence-electron chi connectivity index (χ0n) is 14.3. The van der Waals surface area contributed by atoms with Gasteiger partial charge in [0, 0.05) is 25.9 Å². The highest BCUT2D eigenvalue weighted by Gasteiger charge is 2.21. The van der Waals surface area contributed by atoms with Crippen molar-refractivity contribution in [3.63, 3.8) is 0 Å². The lowest BCUT2D eigenvalue weighted by Crippen LogP contribution is -2.34. The Morgan fingerprint density at radius 1 is 1.17 bits per heavy atom. The highest BCUT2D eigenvalue weighted by Crippen LogP contribution is 2.27. The first-order chi connectivity index (χ1) is 11.6. The molecule has 1 aliphatic rings. The van der Waals surface area contributed by atoms with Gasteiger partial charge in [-0.3, -0.25) is 4.79 Å². The van der Waals surface area contributed by atoms with Gasteiger partial charge in [-0.25, -0.2) is 0 Å². The highest BCUT2D eigenvalue weighted by molar-refractivity contribution is 5.18. The smallest absolute Gasteiger partial charge is 0.250 e. The Kier molecular flexibility index (Phi) is 5.48. The fraction of sp³-hybridized carbons (Fsp3) is 0.450. The average Bonchev–Trinajstić information content (AvgIpc) is 2.63. The van der Waals surface area contributed by atoms with Crippen LogP contribution in [0, 0.1) is 0 Å². The lowest BCUT2D eigenvalue weighted by Gasteiger charge is -2.32. The Morgan fingerprint density at radius 3 is 2.54 bits per heavy atom. The van der Waals surface area contributed by atoms with Crippen molar-refractivity contribution < 1.29 is 5.11 Å². The van der Waals surface area contributed by atoms with Gasteiger partial charge < -0.3 is 14.6 Å². The summed E-state index contributed by atoms with van der Waals surface area (Å²) in [7, 11) is 1.78. The van der Waals surface area contributed by atoms with E-state index < -0.39 is 0 Å². The van der Waals surface area contributed by atoms with Gasteiger partial charge in [-0.2, -0.15) is 0 Å². The minimum Gasteiger partial charge on any atom is -0.388 e. The van der Waals surface area contributed by atoms with E-state index in [1.807, 2.05) is 36.5 Å². The van der Waals surface area contributed by atoms with Gasteiger partial charge in [0.1, 0.15) is 0 Å². The number of hydrogen-bond donors (Lipinski definition) is 1. The first-order valence-corrected chi connectivity index (χ1v) is 8.75. The number of hydrogen-bond acceptors (Lipinski definition) is 3. The van der Waals surface area contributed by atoms with Gasteiger partial charge in [-0.15, -0.1) is 0 Å². The standard InChI is InChI=1S/C20H26N2O2/c1-21-11-7-18(15-20(21)24)16-8-12-22(13-9-16)14-10-19(23)17-5-3-2-4-6-17/h2-7,11,15-16,19,23H,8-10,12-14H2,1H3/t19-/m1/s1. The van der Waals surface area contributed by atoms with Gasteiger partial charge >= 0.3 is 0 Å². The van der Waals surface area contributed by atoms with Crippen LogP contribution in [0.1, 0.15) is 42.4 Å². The number of piperidine rings is 1. The Labute approximate surface area is 143 Å². The van der Waals surface area contributed by atoms with Crippen molar-refractivity contribution in [2.75, 3.05) is 19.6 Å². The molecule has 4 nitrogen and oxygen atoms in total. The average molecular weight is 326 g/mol. The largest absolute Gasteiger partial charge is 0.388 e. The second kappa shape index (κ2) is 7.77. The summed E-state index contributed by atoms with van der Waals surface area (Å²) in [5.41, 5.74) is 2.23. The van der Waals surface area contributed by atoms with Crippen molar-refractivity contribution in [1.29, 1.82) is 0 Å². The summed E-state index contributed by atoms with van der Waals surface area (Å²) >= 11 is 0. The Bertz CT molecular complexity index is 703. The maximum absolute atomic E-state index is 11.8. The molecule has 1 aromatic heterocycles. The van der Waals surface area contributed by atoms with Crippen LogP contribution in [0.3, 0.4) is 0 Å². The van der Waals surface area contributed by atoms with E-state index in [-0.39, 0.29) is 11.7 Å². The third-order valence-corrected chi connectivity index (χ3v) is 5.09. The van der Waals surface area contributed by atoms with E-state index in [4.69, 9.17) is 0 Å². The van der Waals surface area contributed by atoms with Crippen molar-refractivity contribution in [3.05, 3.63) is 70.1 Å². The molecule has 0 amide bonds. The van der Waals surface area contributed by atoms with Gasteiger partial charge in [0.15, 0.2) is 0 Å². The molecule has 4 heteroatoms. The predicted molar refractivity (Wildman–Crippen MR) is 96.1 cm³/mol. The van der Waals surface area contributed by atoms with Crippen molar-refractivity contribution in [3.8, 4) is 0 Å². The fourth-order valence-corrected chi connectivity index (χ4v) is 3.45. The van der Waals surface area contributed by atoms with Crippen molar-refractivity contribution in [2.45, 2.75) is 31.3 Å². The zero-order chi connectivity index (χ0) is 16.9. The SMILES string of the molecule is Cn1ccc(C2CCN(CC[C@@H](O)c3ccccc3)CC2)cc1=O. The van der Waals surface area contributed by atoms with Crippen LogP contribution < -0.4 is 5.56 Å². The molecule has 2 aromatic rings. The number of nitrogens with zero attached hydrogens (tertiary/aromatic N) is 2. The van der Waals surface area contributed by atoms with Gasteiger partial charge in [0.25, 0.3) is 5.56 Å². The third kappa shape index (κ3) is 4.13. The number of rotatable bonds is 5. The van der Waals surface area contributed by atoms with Crippen LogP contribution in [0.15, 0.2) is 53.5 Å². The maximum Gasteiger partial charge on any atom is 0.250 e. The molecule has 0 unspecified atom stereocenters. The molecule has 2 heterocycles. The van der Waals surface area contributed by atoms with E-state index in [0.29, 0.717) is 5.92 Å². The topological polar surface area (TPSA) is 45.5 Å². The number of benzene rings is 1. The molecule has 0 aliphatic carbocycles. The third-order valence-electron chi connectivity index (χ3n) is 5.09. The lowest BCUT2D eigenvalue weighted by atomic mass is 9.90. The Balaban J connectivity index is 1.48. The molecule has 3 rings (SSSR count). The van der Waals surface area contributed by atoms with E-state index in [2.05, 4.69) is 11.0 Å². The normalized spacial score (nSPS) is 17.8. The molecule has 0 spiro atoms. The molecule has 0 saturated carbocycles. The lowest BCUT2D eigenvalue weighted by molar-refractivity contribution is 0.130. The van der Waals surface area contributed by atoms with E-state index in [0.717, 1.165) is 44.5 Å². The summed E-state index contributed by atoms with van der Waals surface area (Å²) < 4.78 is 1.61. The van der Waals surface area contributed by atoms with Gasteiger partial charge in [0.05, 0.1) is 6.10 Å². The Hall–Kier alpha value is -1.91. The van der Waals surface area contributed by atoms with Crippen LogP contribution in [0.25, 0.3) is 0 Å². The summed E-state index contributed by atoms with van der Waals surface area (Å²) in [5, 5.41) is 10.3. The van der Waals surface area contributed by atoms with E-state index in [9.17, 15) is 9.90 Å². The number of aliphatic hydroxyl groups excluding tert-OH is 1. The molecule has 128 valence electrons. The molecule has 1 saturated heterocycles.